The van der Waals surface area contributed by atoms with Crippen LogP contribution in [0.15, 0.2) is 41.1 Å². The Kier molecular flexibility index (Phi) is 3.56. The van der Waals surface area contributed by atoms with E-state index in [4.69, 9.17) is 10.3 Å². The molecule has 1 aliphatic heterocycles. The number of anilines is 1. The van der Waals surface area contributed by atoms with Crippen LogP contribution in [0.3, 0.4) is 0 Å². The molecule has 1 atom stereocenters. The van der Waals surface area contributed by atoms with Crippen LogP contribution in [0.1, 0.15) is 17.0 Å². The number of fused-ring (bicyclic) bond motifs is 1. The zero-order valence-electron chi connectivity index (χ0n) is 14.1. The average Bonchev–Trinajstić information content (AvgIpc) is 3.28. The summed E-state index contributed by atoms with van der Waals surface area (Å²) in [4.78, 5) is 13.9. The van der Waals surface area contributed by atoms with Gasteiger partial charge in [-0.1, -0.05) is 23.4 Å². The molecule has 3 aromatic rings. The molecule has 2 N–H and O–H groups in total. The third kappa shape index (κ3) is 2.57. The van der Waals surface area contributed by atoms with Crippen LogP contribution in [-0.2, 0) is 24.8 Å². The molecule has 7 heteroatoms. The summed E-state index contributed by atoms with van der Waals surface area (Å²) >= 11 is 0. The van der Waals surface area contributed by atoms with Gasteiger partial charge in [-0.05, 0) is 18.6 Å². The Bertz CT molecular complexity index is 943. The lowest BCUT2D eigenvalue weighted by atomic mass is 10.1. The summed E-state index contributed by atoms with van der Waals surface area (Å²) in [5.74, 6) is 0.347. The van der Waals surface area contributed by atoms with Crippen LogP contribution in [0.2, 0.25) is 0 Å². The third-order valence-electron chi connectivity index (χ3n) is 4.82. The quantitative estimate of drug-likeness (QED) is 0.784. The minimum atomic E-state index is -0.369. The summed E-state index contributed by atoms with van der Waals surface area (Å²) in [5.41, 5.74) is 10.4. The molecule has 0 unspecified atom stereocenters. The number of carbonyl (C=O) groups is 1. The molecule has 1 aliphatic rings. The van der Waals surface area contributed by atoms with Crippen molar-refractivity contribution in [3.63, 3.8) is 0 Å². The first-order valence-electron chi connectivity index (χ1n) is 8.13. The maximum atomic E-state index is 11.9. The van der Waals surface area contributed by atoms with E-state index >= 15 is 0 Å². The summed E-state index contributed by atoms with van der Waals surface area (Å²) in [5, 5.41) is 8.39. The van der Waals surface area contributed by atoms with Crippen LogP contribution in [0, 0.1) is 6.92 Å². The van der Waals surface area contributed by atoms with Crippen molar-refractivity contribution in [3.05, 3.63) is 53.5 Å². The van der Waals surface area contributed by atoms with Gasteiger partial charge in [0.15, 0.2) is 5.76 Å². The molecule has 4 rings (SSSR count). The Balaban J connectivity index is 1.63. The second-order valence-corrected chi connectivity index (χ2v) is 6.32. The highest BCUT2D eigenvalue weighted by Gasteiger charge is 2.33. The van der Waals surface area contributed by atoms with Gasteiger partial charge < -0.3 is 15.2 Å². The van der Waals surface area contributed by atoms with Crippen molar-refractivity contribution in [2.45, 2.75) is 25.9 Å². The minimum absolute atomic E-state index is 0.334. The van der Waals surface area contributed by atoms with Gasteiger partial charge in [0, 0.05) is 36.5 Å². The molecular weight excluding hydrogens is 318 g/mol. The first-order chi connectivity index (χ1) is 12.0. The molecule has 0 spiro atoms. The van der Waals surface area contributed by atoms with Crippen molar-refractivity contribution in [2.75, 3.05) is 4.90 Å². The molecule has 3 heterocycles. The molecule has 0 saturated heterocycles. The van der Waals surface area contributed by atoms with Crippen LogP contribution in [0.4, 0.5) is 5.69 Å². The van der Waals surface area contributed by atoms with Crippen LogP contribution in [0.5, 0.6) is 0 Å². The summed E-state index contributed by atoms with van der Waals surface area (Å²) < 4.78 is 7.30. The van der Waals surface area contributed by atoms with Crippen LogP contribution in [-0.4, -0.2) is 26.9 Å². The van der Waals surface area contributed by atoms with E-state index in [0.29, 0.717) is 18.7 Å². The Morgan fingerprint density at radius 3 is 2.92 bits per heavy atom. The highest BCUT2D eigenvalue weighted by molar-refractivity contribution is 5.86. The van der Waals surface area contributed by atoms with Crippen molar-refractivity contribution < 1.29 is 9.32 Å². The molecule has 0 radical (unpaired) electrons. The molecule has 0 fully saturated rings. The van der Waals surface area contributed by atoms with E-state index in [1.165, 1.54) is 0 Å². The number of para-hydroxylation sites is 1. The second-order valence-electron chi connectivity index (χ2n) is 6.32. The smallest absolute Gasteiger partial charge is 0.240 e. The van der Waals surface area contributed by atoms with Crippen LogP contribution in [0.25, 0.3) is 11.3 Å². The first-order valence-corrected chi connectivity index (χ1v) is 8.13. The standard InChI is InChI=1S/C18H19N5O2/c1-11-14(9-20-22(11)2)15-8-13(25-21-15)10-23-16-6-4-3-5-12(16)7-17(23)18(19)24/h3-6,8-9,17H,7,10H2,1-2H3,(H2,19,24)/t17-/m0/s1. The van der Waals surface area contributed by atoms with Gasteiger partial charge in [0.05, 0.1) is 12.7 Å². The molecule has 1 aromatic carbocycles. The predicted molar refractivity (Wildman–Crippen MR) is 92.8 cm³/mol. The van der Waals surface area contributed by atoms with E-state index in [-0.39, 0.29) is 11.9 Å². The zero-order valence-corrected chi connectivity index (χ0v) is 14.1. The maximum absolute atomic E-state index is 11.9. The van der Waals surface area contributed by atoms with Gasteiger partial charge in [-0.2, -0.15) is 5.10 Å². The number of aryl methyl sites for hydroxylation is 1. The fraction of sp³-hybridized carbons (Fsp3) is 0.278. The molecule has 7 nitrogen and oxygen atoms in total. The second kappa shape index (κ2) is 5.77. The van der Waals surface area contributed by atoms with Gasteiger partial charge in [0.1, 0.15) is 11.7 Å². The monoisotopic (exact) mass is 337 g/mol. The van der Waals surface area contributed by atoms with E-state index in [0.717, 1.165) is 28.2 Å². The van der Waals surface area contributed by atoms with Crippen LogP contribution < -0.4 is 10.6 Å². The van der Waals surface area contributed by atoms with E-state index in [1.807, 2.05) is 49.2 Å². The van der Waals surface area contributed by atoms with Gasteiger partial charge in [-0.15, -0.1) is 0 Å². The van der Waals surface area contributed by atoms with Gasteiger partial charge >= 0.3 is 0 Å². The predicted octanol–water partition coefficient (Wildman–Crippen LogP) is 1.80. The Morgan fingerprint density at radius 1 is 1.40 bits per heavy atom. The summed E-state index contributed by atoms with van der Waals surface area (Å²) in [7, 11) is 1.89. The Morgan fingerprint density at radius 2 is 2.20 bits per heavy atom. The van der Waals surface area contributed by atoms with E-state index in [2.05, 4.69) is 10.3 Å². The number of rotatable bonds is 4. The fourth-order valence-corrected chi connectivity index (χ4v) is 3.33. The lowest BCUT2D eigenvalue weighted by Gasteiger charge is -2.23. The Hall–Kier alpha value is -3.09. The number of aromatic nitrogens is 3. The van der Waals surface area contributed by atoms with Crippen LogP contribution >= 0.6 is 0 Å². The third-order valence-corrected chi connectivity index (χ3v) is 4.82. The normalized spacial score (nSPS) is 16.2. The number of nitrogens with two attached hydrogens (primary N) is 1. The zero-order chi connectivity index (χ0) is 17.6. The van der Waals surface area contributed by atoms with Gasteiger partial charge in [0.2, 0.25) is 5.91 Å². The van der Waals surface area contributed by atoms with E-state index in [1.54, 1.807) is 10.9 Å². The van der Waals surface area contributed by atoms with Gasteiger partial charge in [-0.3, -0.25) is 9.48 Å². The molecular formula is C18H19N5O2. The number of primary amides is 1. The molecule has 1 amide bonds. The number of carbonyl (C=O) groups excluding carboxylic acids is 1. The molecule has 25 heavy (non-hydrogen) atoms. The summed E-state index contributed by atoms with van der Waals surface area (Å²) in [6, 6.07) is 9.48. The SMILES string of the molecule is Cc1c(-c2cc(CN3c4ccccc4C[C@H]3C(N)=O)on2)cnn1C. The number of hydrogen-bond acceptors (Lipinski definition) is 5. The lowest BCUT2D eigenvalue weighted by molar-refractivity contribution is -0.119. The van der Waals surface area contributed by atoms with Crippen molar-refractivity contribution in [1.29, 1.82) is 0 Å². The molecule has 2 aromatic heterocycles. The highest BCUT2D eigenvalue weighted by Crippen LogP contribution is 2.33. The number of hydrogen-bond donors (Lipinski definition) is 1. The topological polar surface area (TPSA) is 90.2 Å². The first kappa shape index (κ1) is 15.4. The average molecular weight is 337 g/mol. The Labute approximate surface area is 145 Å². The lowest BCUT2D eigenvalue weighted by Crippen LogP contribution is -2.42. The highest BCUT2D eigenvalue weighted by atomic mass is 16.5. The molecule has 0 saturated carbocycles. The molecule has 0 aliphatic carbocycles. The van der Waals surface area contributed by atoms with Crippen molar-refractivity contribution in [3.8, 4) is 11.3 Å². The number of nitrogens with zero attached hydrogens (tertiary/aromatic N) is 4. The number of benzene rings is 1. The minimum Gasteiger partial charge on any atom is -0.368 e. The van der Waals surface area contributed by atoms with E-state index < -0.39 is 0 Å². The molecule has 128 valence electrons. The van der Waals surface area contributed by atoms with Gasteiger partial charge in [0.25, 0.3) is 0 Å². The summed E-state index contributed by atoms with van der Waals surface area (Å²) in [6.07, 6.45) is 2.39. The summed E-state index contributed by atoms with van der Waals surface area (Å²) in [6.45, 7) is 2.42. The van der Waals surface area contributed by atoms with Crippen molar-refractivity contribution >= 4 is 11.6 Å². The number of amides is 1. The maximum Gasteiger partial charge on any atom is 0.240 e. The molecule has 0 bridgehead atoms. The van der Waals surface area contributed by atoms with E-state index in [9.17, 15) is 4.79 Å². The fourth-order valence-electron chi connectivity index (χ4n) is 3.33. The van der Waals surface area contributed by atoms with Gasteiger partial charge in [-0.25, -0.2) is 0 Å². The van der Waals surface area contributed by atoms with Crippen molar-refractivity contribution in [2.24, 2.45) is 12.8 Å². The van der Waals surface area contributed by atoms with Crippen molar-refractivity contribution in [1.82, 2.24) is 14.9 Å². The largest absolute Gasteiger partial charge is 0.368 e.